The zero-order valence-electron chi connectivity index (χ0n) is 15.8. The van der Waals surface area contributed by atoms with Crippen LogP contribution >= 0.6 is 0 Å². The lowest BCUT2D eigenvalue weighted by molar-refractivity contribution is -0.135. The Morgan fingerprint density at radius 3 is 2.50 bits per heavy atom. The van der Waals surface area contributed by atoms with E-state index in [0.29, 0.717) is 25.0 Å². The van der Waals surface area contributed by atoms with Crippen molar-refractivity contribution in [3.63, 3.8) is 0 Å². The first kappa shape index (κ1) is 18.5. The quantitative estimate of drug-likeness (QED) is 0.425. The summed E-state index contributed by atoms with van der Waals surface area (Å²) in [5.74, 6) is 0.305. The first-order chi connectivity index (χ1) is 12.5. The number of carbonyl (C=O) groups is 1. The highest BCUT2D eigenvalue weighted by Crippen LogP contribution is 2.44. The molecule has 1 aliphatic rings. The highest BCUT2D eigenvalue weighted by Gasteiger charge is 2.41. The number of para-hydroxylation sites is 2. The fourth-order valence-electron chi connectivity index (χ4n) is 3.50. The molecule has 0 saturated heterocycles. The number of hydrogen-bond donors (Lipinski definition) is 0. The average molecular weight is 353 g/mol. The highest BCUT2D eigenvalue weighted by atomic mass is 16.5. The molecule has 0 fully saturated rings. The average Bonchev–Trinajstić information content (AvgIpc) is 2.83. The van der Waals surface area contributed by atoms with E-state index in [0.717, 1.165) is 6.54 Å². The molecule has 1 unspecified atom stereocenters. The van der Waals surface area contributed by atoms with Crippen LogP contribution in [0.1, 0.15) is 32.8 Å². The summed E-state index contributed by atoms with van der Waals surface area (Å²) in [7, 11) is 0. The van der Waals surface area contributed by atoms with Gasteiger partial charge in [-0.25, -0.2) is 0 Å². The van der Waals surface area contributed by atoms with Crippen LogP contribution in [0.5, 0.6) is 5.75 Å². The Kier molecular flexibility index (Phi) is 5.62. The molecule has 1 heterocycles. The van der Waals surface area contributed by atoms with E-state index >= 15 is 0 Å². The number of hydrogen-bond acceptors (Lipinski definition) is 4. The van der Waals surface area contributed by atoms with Crippen molar-refractivity contribution in [2.75, 3.05) is 24.7 Å². The van der Waals surface area contributed by atoms with Gasteiger partial charge in [0.05, 0.1) is 19.6 Å². The van der Waals surface area contributed by atoms with Gasteiger partial charge >= 0.3 is 5.97 Å². The first-order valence-corrected chi connectivity index (χ1v) is 9.20. The predicted molar refractivity (Wildman–Crippen MR) is 104 cm³/mol. The summed E-state index contributed by atoms with van der Waals surface area (Å²) in [4.78, 5) is 14.2. The monoisotopic (exact) mass is 353 g/mol. The Labute approximate surface area is 155 Å². The minimum atomic E-state index is -0.266. The zero-order valence-corrected chi connectivity index (χ0v) is 15.8. The highest BCUT2D eigenvalue weighted by molar-refractivity contribution is 5.72. The predicted octanol–water partition coefficient (Wildman–Crippen LogP) is 4.19. The van der Waals surface area contributed by atoms with E-state index in [-0.39, 0.29) is 17.8 Å². The van der Waals surface area contributed by atoms with Crippen molar-refractivity contribution in [2.45, 2.75) is 38.6 Å². The van der Waals surface area contributed by atoms with Gasteiger partial charge in [-0.05, 0) is 30.7 Å². The second-order valence-corrected chi connectivity index (χ2v) is 7.26. The summed E-state index contributed by atoms with van der Waals surface area (Å²) in [6, 6.07) is 18.1. The number of ether oxygens (including phenoxy) is 2. The third kappa shape index (κ3) is 3.91. The molecule has 2 aromatic rings. The molecule has 1 atom stereocenters. The number of nitrogens with zero attached hydrogens (tertiary/aromatic N) is 1. The second kappa shape index (κ2) is 7.92. The van der Waals surface area contributed by atoms with Crippen molar-refractivity contribution >= 4 is 11.7 Å². The van der Waals surface area contributed by atoms with E-state index in [1.54, 1.807) is 12.1 Å². The van der Waals surface area contributed by atoms with Crippen LogP contribution in [0, 0.1) is 0 Å². The van der Waals surface area contributed by atoms with Crippen molar-refractivity contribution in [1.29, 1.82) is 0 Å². The van der Waals surface area contributed by atoms with Crippen LogP contribution in [0.3, 0.4) is 0 Å². The summed E-state index contributed by atoms with van der Waals surface area (Å²) >= 11 is 0. The molecule has 1 aliphatic heterocycles. The number of esters is 1. The molecule has 0 amide bonds. The maximum absolute atomic E-state index is 11.8. The Hall–Kier alpha value is -2.33. The molecule has 0 aromatic heterocycles. The van der Waals surface area contributed by atoms with Gasteiger partial charge in [-0.15, -0.1) is 0 Å². The van der Waals surface area contributed by atoms with Crippen molar-refractivity contribution in [1.82, 2.24) is 0 Å². The third-order valence-corrected chi connectivity index (χ3v) is 5.32. The van der Waals surface area contributed by atoms with E-state index < -0.39 is 0 Å². The van der Waals surface area contributed by atoms with Crippen LogP contribution in [-0.2, 0) is 14.9 Å². The first-order valence-electron chi connectivity index (χ1n) is 9.20. The topological polar surface area (TPSA) is 38.8 Å². The Bertz CT molecular complexity index is 742. The standard InChI is InChI=1S/C22H27NO3/c1-17-22(2,3)19-11-7-8-12-20(19)23(17)14-16-25-15-13-21(24)26-18-9-5-4-6-10-18/h4-12,17H,13-16H2,1-3H3. The van der Waals surface area contributed by atoms with Crippen LogP contribution in [0.25, 0.3) is 0 Å². The van der Waals surface area contributed by atoms with Crippen molar-refractivity contribution in [3.05, 3.63) is 60.2 Å². The van der Waals surface area contributed by atoms with Gasteiger partial charge in [-0.3, -0.25) is 4.79 Å². The van der Waals surface area contributed by atoms with Gasteiger partial charge in [-0.2, -0.15) is 0 Å². The van der Waals surface area contributed by atoms with Gasteiger partial charge in [-0.1, -0.05) is 50.2 Å². The summed E-state index contributed by atoms with van der Waals surface area (Å²) < 4.78 is 10.9. The molecular formula is C22H27NO3. The lowest BCUT2D eigenvalue weighted by Crippen LogP contribution is -2.40. The van der Waals surface area contributed by atoms with E-state index in [4.69, 9.17) is 9.47 Å². The Balaban J connectivity index is 1.43. The smallest absolute Gasteiger partial charge is 0.313 e. The molecule has 4 heteroatoms. The molecule has 0 spiro atoms. The number of benzene rings is 2. The molecule has 4 nitrogen and oxygen atoms in total. The minimum absolute atomic E-state index is 0.121. The number of carbonyl (C=O) groups excluding carboxylic acids is 1. The molecule has 0 N–H and O–H groups in total. The largest absolute Gasteiger partial charge is 0.426 e. The molecule has 138 valence electrons. The third-order valence-electron chi connectivity index (χ3n) is 5.32. The van der Waals surface area contributed by atoms with E-state index in [2.05, 4.69) is 49.9 Å². The van der Waals surface area contributed by atoms with Crippen molar-refractivity contribution in [3.8, 4) is 5.75 Å². The summed E-state index contributed by atoms with van der Waals surface area (Å²) in [5.41, 5.74) is 2.80. The zero-order chi connectivity index (χ0) is 18.6. The van der Waals surface area contributed by atoms with E-state index in [1.807, 2.05) is 18.2 Å². The summed E-state index contributed by atoms with van der Waals surface area (Å²) in [6.45, 7) is 8.62. The number of anilines is 1. The molecule has 3 rings (SSSR count). The summed E-state index contributed by atoms with van der Waals surface area (Å²) in [5, 5.41) is 0. The van der Waals surface area contributed by atoms with Gasteiger partial charge in [0.2, 0.25) is 0 Å². The van der Waals surface area contributed by atoms with Crippen LogP contribution in [0.2, 0.25) is 0 Å². The van der Waals surface area contributed by atoms with E-state index in [1.165, 1.54) is 11.3 Å². The fraction of sp³-hybridized carbons (Fsp3) is 0.409. The van der Waals surface area contributed by atoms with E-state index in [9.17, 15) is 4.79 Å². The molecule has 0 bridgehead atoms. The molecule has 0 radical (unpaired) electrons. The SMILES string of the molecule is CC1N(CCOCCC(=O)Oc2ccccc2)c2ccccc2C1(C)C. The Morgan fingerprint density at radius 2 is 1.73 bits per heavy atom. The van der Waals surface area contributed by atoms with Gasteiger partial charge in [0.25, 0.3) is 0 Å². The fourth-order valence-corrected chi connectivity index (χ4v) is 3.50. The van der Waals surface area contributed by atoms with Crippen LogP contribution in [-0.4, -0.2) is 31.8 Å². The second-order valence-electron chi connectivity index (χ2n) is 7.26. The molecule has 0 aliphatic carbocycles. The van der Waals surface area contributed by atoms with Crippen LogP contribution in [0.15, 0.2) is 54.6 Å². The summed E-state index contributed by atoms with van der Waals surface area (Å²) in [6.07, 6.45) is 0.256. The van der Waals surface area contributed by atoms with Gasteiger partial charge in [0.15, 0.2) is 0 Å². The minimum Gasteiger partial charge on any atom is -0.426 e. The molecule has 26 heavy (non-hydrogen) atoms. The number of rotatable bonds is 7. The molecular weight excluding hydrogens is 326 g/mol. The van der Waals surface area contributed by atoms with Crippen LogP contribution < -0.4 is 9.64 Å². The molecule has 0 saturated carbocycles. The lowest BCUT2D eigenvalue weighted by atomic mass is 9.81. The molecule has 2 aromatic carbocycles. The lowest BCUT2D eigenvalue weighted by Gasteiger charge is -2.31. The Morgan fingerprint density at radius 1 is 1.04 bits per heavy atom. The van der Waals surface area contributed by atoms with Gasteiger partial charge in [0, 0.05) is 23.7 Å². The van der Waals surface area contributed by atoms with Gasteiger partial charge in [0.1, 0.15) is 5.75 Å². The van der Waals surface area contributed by atoms with Crippen molar-refractivity contribution in [2.24, 2.45) is 0 Å². The maximum atomic E-state index is 11.8. The maximum Gasteiger partial charge on any atom is 0.313 e. The van der Waals surface area contributed by atoms with Crippen LogP contribution in [0.4, 0.5) is 5.69 Å². The van der Waals surface area contributed by atoms with Gasteiger partial charge < -0.3 is 14.4 Å². The van der Waals surface area contributed by atoms with Crippen molar-refractivity contribution < 1.29 is 14.3 Å². The number of fused-ring (bicyclic) bond motifs is 1. The normalized spacial score (nSPS) is 17.8.